The van der Waals surface area contributed by atoms with Gasteiger partial charge in [0.25, 0.3) is 0 Å². The number of rotatable bonds is 4. The van der Waals surface area contributed by atoms with Gasteiger partial charge < -0.3 is 5.32 Å². The highest BCUT2D eigenvalue weighted by Crippen LogP contribution is 2.29. The van der Waals surface area contributed by atoms with E-state index in [-0.39, 0.29) is 11.6 Å². The lowest BCUT2D eigenvalue weighted by molar-refractivity contribution is 0.154. The molecule has 2 rings (SSSR count). The van der Waals surface area contributed by atoms with Crippen molar-refractivity contribution >= 4 is 0 Å². The van der Waals surface area contributed by atoms with Gasteiger partial charge >= 0.3 is 0 Å². The molecule has 0 saturated carbocycles. The van der Waals surface area contributed by atoms with E-state index in [4.69, 9.17) is 5.26 Å². The van der Waals surface area contributed by atoms with Crippen LogP contribution in [0.1, 0.15) is 37.4 Å². The number of nitriles is 1. The first-order valence-corrected chi connectivity index (χ1v) is 7.26. The number of benzene rings is 1. The second-order valence-electron chi connectivity index (χ2n) is 5.78. The molecule has 0 bridgehead atoms. The Labute approximate surface area is 120 Å². The van der Waals surface area contributed by atoms with Crippen molar-refractivity contribution in [3.63, 3.8) is 0 Å². The monoisotopic (exact) mass is 275 g/mol. The molecule has 1 aromatic carbocycles. The maximum atomic E-state index is 13.5. The predicted octanol–water partition coefficient (Wildman–Crippen LogP) is 2.69. The summed E-state index contributed by atoms with van der Waals surface area (Å²) in [4.78, 5) is 2.44. The molecule has 0 aromatic heterocycles. The summed E-state index contributed by atoms with van der Waals surface area (Å²) in [6, 6.07) is 7.17. The lowest BCUT2D eigenvalue weighted by Gasteiger charge is -2.36. The van der Waals surface area contributed by atoms with E-state index in [1.165, 1.54) is 6.07 Å². The summed E-state index contributed by atoms with van der Waals surface area (Å²) in [5.74, 6) is 0.130. The molecular weight excluding hydrogens is 253 g/mol. The van der Waals surface area contributed by atoms with Crippen LogP contribution in [0.15, 0.2) is 18.2 Å². The van der Waals surface area contributed by atoms with Crippen LogP contribution in [-0.2, 0) is 0 Å². The van der Waals surface area contributed by atoms with E-state index in [0.717, 1.165) is 38.2 Å². The van der Waals surface area contributed by atoms with Gasteiger partial charge in [-0.1, -0.05) is 19.9 Å². The maximum absolute atomic E-state index is 13.5. The Kier molecular flexibility index (Phi) is 5.11. The van der Waals surface area contributed by atoms with Crippen molar-refractivity contribution in [1.82, 2.24) is 10.2 Å². The Hall–Kier alpha value is -1.44. The van der Waals surface area contributed by atoms with Crippen molar-refractivity contribution in [1.29, 1.82) is 5.26 Å². The minimum absolute atomic E-state index is 0.145. The fraction of sp³-hybridized carbons (Fsp3) is 0.562. The molecule has 0 amide bonds. The maximum Gasteiger partial charge on any atom is 0.140 e. The molecular formula is C16H22FN3. The largest absolute Gasteiger partial charge is 0.314 e. The smallest absolute Gasteiger partial charge is 0.140 e. The normalized spacial score (nSPS) is 17.9. The molecule has 1 fully saturated rings. The Morgan fingerprint density at radius 1 is 1.35 bits per heavy atom. The van der Waals surface area contributed by atoms with Crippen LogP contribution in [0.25, 0.3) is 0 Å². The van der Waals surface area contributed by atoms with Gasteiger partial charge in [-0.3, -0.25) is 4.90 Å². The summed E-state index contributed by atoms with van der Waals surface area (Å²) in [5.41, 5.74) is 1.20. The molecule has 0 radical (unpaired) electrons. The highest BCUT2D eigenvalue weighted by atomic mass is 19.1. The van der Waals surface area contributed by atoms with Crippen molar-refractivity contribution in [2.45, 2.75) is 26.3 Å². The molecule has 1 aromatic rings. The van der Waals surface area contributed by atoms with Crippen LogP contribution in [-0.4, -0.2) is 31.1 Å². The second-order valence-corrected chi connectivity index (χ2v) is 5.78. The SMILES string of the molecule is CC(C)C[C@H](c1ccc(F)c(C#N)c1)N1CCNCC1. The molecule has 0 unspecified atom stereocenters. The second kappa shape index (κ2) is 6.83. The third-order valence-corrected chi connectivity index (χ3v) is 3.78. The van der Waals surface area contributed by atoms with Gasteiger partial charge in [0, 0.05) is 32.2 Å². The lowest BCUT2D eigenvalue weighted by atomic mass is 9.94. The van der Waals surface area contributed by atoms with Crippen LogP contribution >= 0.6 is 0 Å². The Morgan fingerprint density at radius 3 is 2.65 bits per heavy atom. The fourth-order valence-corrected chi connectivity index (χ4v) is 2.77. The summed E-state index contributed by atoms with van der Waals surface area (Å²) in [6.45, 7) is 8.36. The molecule has 0 spiro atoms. The minimum Gasteiger partial charge on any atom is -0.314 e. The van der Waals surface area contributed by atoms with Crippen LogP contribution in [0, 0.1) is 23.1 Å². The van der Waals surface area contributed by atoms with Crippen molar-refractivity contribution < 1.29 is 4.39 Å². The van der Waals surface area contributed by atoms with E-state index in [1.807, 2.05) is 12.1 Å². The highest BCUT2D eigenvalue weighted by Gasteiger charge is 2.23. The lowest BCUT2D eigenvalue weighted by Crippen LogP contribution is -2.45. The van der Waals surface area contributed by atoms with E-state index in [2.05, 4.69) is 24.1 Å². The van der Waals surface area contributed by atoms with Crippen LogP contribution in [0.3, 0.4) is 0 Å². The van der Waals surface area contributed by atoms with E-state index in [0.29, 0.717) is 5.92 Å². The summed E-state index contributed by atoms with van der Waals surface area (Å²) in [7, 11) is 0. The van der Waals surface area contributed by atoms with Gasteiger partial charge in [-0.2, -0.15) is 5.26 Å². The zero-order chi connectivity index (χ0) is 14.5. The number of nitrogens with one attached hydrogen (secondary N) is 1. The van der Waals surface area contributed by atoms with E-state index in [1.54, 1.807) is 6.07 Å². The van der Waals surface area contributed by atoms with Gasteiger partial charge in [-0.25, -0.2) is 4.39 Å². The summed E-state index contributed by atoms with van der Waals surface area (Å²) < 4.78 is 13.5. The van der Waals surface area contributed by atoms with Gasteiger partial charge in [0.1, 0.15) is 11.9 Å². The zero-order valence-electron chi connectivity index (χ0n) is 12.2. The zero-order valence-corrected chi connectivity index (χ0v) is 12.2. The first kappa shape index (κ1) is 15.0. The van der Waals surface area contributed by atoms with Crippen LogP contribution in [0.2, 0.25) is 0 Å². The van der Waals surface area contributed by atoms with Gasteiger partial charge in [0.15, 0.2) is 0 Å². The highest BCUT2D eigenvalue weighted by molar-refractivity contribution is 5.35. The first-order valence-electron chi connectivity index (χ1n) is 7.26. The molecule has 1 saturated heterocycles. The first-order chi connectivity index (χ1) is 9.61. The summed E-state index contributed by atoms with van der Waals surface area (Å²) >= 11 is 0. The minimum atomic E-state index is -0.431. The predicted molar refractivity (Wildman–Crippen MR) is 77.8 cm³/mol. The average molecular weight is 275 g/mol. The standard InChI is InChI=1S/C16H22FN3/c1-12(2)9-16(20-7-5-19-6-8-20)13-3-4-15(17)14(10-13)11-18/h3-4,10,12,16,19H,5-9H2,1-2H3/t16-/m1/s1. The van der Waals surface area contributed by atoms with E-state index in [9.17, 15) is 4.39 Å². The van der Waals surface area contributed by atoms with Gasteiger partial charge in [-0.05, 0) is 30.0 Å². The molecule has 1 heterocycles. The fourth-order valence-electron chi connectivity index (χ4n) is 2.77. The third kappa shape index (κ3) is 3.56. The Balaban J connectivity index is 2.27. The quantitative estimate of drug-likeness (QED) is 0.918. The Bertz CT molecular complexity index is 487. The summed E-state index contributed by atoms with van der Waals surface area (Å²) in [6.07, 6.45) is 1.02. The molecule has 0 aliphatic carbocycles. The topological polar surface area (TPSA) is 39.1 Å². The van der Waals surface area contributed by atoms with Crippen molar-refractivity contribution in [2.75, 3.05) is 26.2 Å². The number of nitrogens with zero attached hydrogens (tertiary/aromatic N) is 2. The molecule has 20 heavy (non-hydrogen) atoms. The molecule has 1 N–H and O–H groups in total. The molecule has 1 aliphatic rings. The van der Waals surface area contributed by atoms with E-state index >= 15 is 0 Å². The van der Waals surface area contributed by atoms with Crippen molar-refractivity contribution in [3.8, 4) is 6.07 Å². The molecule has 1 atom stereocenters. The molecule has 108 valence electrons. The molecule has 3 nitrogen and oxygen atoms in total. The Morgan fingerprint density at radius 2 is 2.05 bits per heavy atom. The van der Waals surface area contributed by atoms with Crippen molar-refractivity contribution in [3.05, 3.63) is 35.1 Å². The number of piperazine rings is 1. The molecule has 1 aliphatic heterocycles. The van der Waals surface area contributed by atoms with E-state index < -0.39 is 5.82 Å². The van der Waals surface area contributed by atoms with Crippen LogP contribution in [0.5, 0.6) is 0 Å². The van der Waals surface area contributed by atoms with Crippen LogP contribution < -0.4 is 5.32 Å². The number of halogens is 1. The average Bonchev–Trinajstić information content (AvgIpc) is 2.46. The van der Waals surface area contributed by atoms with Crippen molar-refractivity contribution in [2.24, 2.45) is 5.92 Å². The van der Waals surface area contributed by atoms with Crippen LogP contribution in [0.4, 0.5) is 4.39 Å². The number of hydrogen-bond acceptors (Lipinski definition) is 3. The third-order valence-electron chi connectivity index (χ3n) is 3.78. The van der Waals surface area contributed by atoms with Gasteiger partial charge in [-0.15, -0.1) is 0 Å². The molecule has 4 heteroatoms. The van der Waals surface area contributed by atoms with Gasteiger partial charge in [0.05, 0.1) is 5.56 Å². The number of hydrogen-bond donors (Lipinski definition) is 1. The van der Waals surface area contributed by atoms with Gasteiger partial charge in [0.2, 0.25) is 0 Å². The summed E-state index contributed by atoms with van der Waals surface area (Å²) in [5, 5.41) is 12.4.